The molecular weight excluding hydrogens is 319 g/mol. The van der Waals surface area contributed by atoms with E-state index in [2.05, 4.69) is 36.7 Å². The van der Waals surface area contributed by atoms with Crippen LogP contribution < -0.4 is 0 Å². The van der Waals surface area contributed by atoms with E-state index in [0.29, 0.717) is 5.92 Å². The second-order valence-corrected chi connectivity index (χ2v) is 8.10. The number of aliphatic hydroxyl groups is 1. The Morgan fingerprint density at radius 3 is 2.55 bits per heavy atom. The smallest absolute Gasteiger partial charge is 0.124 e. The molecule has 1 aromatic carbocycles. The Balaban J connectivity index is 2.10. The molecule has 0 bridgehead atoms. The van der Waals surface area contributed by atoms with E-state index in [9.17, 15) is 9.50 Å². The van der Waals surface area contributed by atoms with E-state index in [1.807, 2.05) is 6.07 Å². The van der Waals surface area contributed by atoms with Gasteiger partial charge in [0, 0.05) is 4.47 Å². The summed E-state index contributed by atoms with van der Waals surface area (Å²) in [6, 6.07) is 5.01. The number of hydrogen-bond acceptors (Lipinski definition) is 1. The second-order valence-electron chi connectivity index (χ2n) is 7.19. The minimum Gasteiger partial charge on any atom is -0.393 e. The zero-order chi connectivity index (χ0) is 14.9. The van der Waals surface area contributed by atoms with Crippen molar-refractivity contribution in [3.63, 3.8) is 0 Å². The monoisotopic (exact) mass is 342 g/mol. The van der Waals surface area contributed by atoms with Crippen molar-refractivity contribution >= 4 is 15.9 Å². The highest BCUT2D eigenvalue weighted by atomic mass is 79.9. The number of halogens is 2. The van der Waals surface area contributed by atoms with E-state index in [0.717, 1.165) is 35.7 Å². The Bertz CT molecular complexity index is 446. The third-order valence-corrected chi connectivity index (χ3v) is 5.05. The first-order valence-corrected chi connectivity index (χ1v) is 8.18. The van der Waals surface area contributed by atoms with Crippen LogP contribution in [-0.4, -0.2) is 11.2 Å². The van der Waals surface area contributed by atoms with E-state index in [-0.39, 0.29) is 23.3 Å². The lowest BCUT2D eigenvalue weighted by Gasteiger charge is -2.40. The van der Waals surface area contributed by atoms with E-state index in [1.54, 1.807) is 6.07 Å². The molecule has 0 heterocycles. The van der Waals surface area contributed by atoms with Crippen LogP contribution in [-0.2, 0) is 6.42 Å². The minimum atomic E-state index is -0.254. The molecule has 0 aromatic heterocycles. The van der Waals surface area contributed by atoms with Crippen molar-refractivity contribution in [1.29, 1.82) is 0 Å². The molecule has 0 saturated heterocycles. The van der Waals surface area contributed by atoms with Crippen molar-refractivity contribution in [2.75, 3.05) is 0 Å². The molecule has 1 aromatic rings. The van der Waals surface area contributed by atoms with Crippen LogP contribution in [0.2, 0.25) is 0 Å². The van der Waals surface area contributed by atoms with Crippen molar-refractivity contribution in [3.8, 4) is 0 Å². The summed E-state index contributed by atoms with van der Waals surface area (Å²) in [6.45, 7) is 6.81. The molecule has 2 rings (SSSR count). The van der Waals surface area contributed by atoms with Crippen LogP contribution >= 0.6 is 15.9 Å². The fourth-order valence-electron chi connectivity index (χ4n) is 3.29. The molecule has 0 aliphatic heterocycles. The van der Waals surface area contributed by atoms with E-state index >= 15 is 0 Å². The number of aliphatic hydroxyl groups excluding tert-OH is 1. The molecule has 0 radical (unpaired) electrons. The van der Waals surface area contributed by atoms with E-state index in [4.69, 9.17) is 0 Å². The summed E-state index contributed by atoms with van der Waals surface area (Å²) in [7, 11) is 0. The Labute approximate surface area is 129 Å². The molecule has 3 heteroatoms. The van der Waals surface area contributed by atoms with Crippen LogP contribution in [0.25, 0.3) is 0 Å². The molecule has 112 valence electrons. The van der Waals surface area contributed by atoms with Crippen LogP contribution in [0.3, 0.4) is 0 Å². The molecule has 0 amide bonds. The zero-order valence-corrected chi connectivity index (χ0v) is 14.1. The van der Waals surface area contributed by atoms with Gasteiger partial charge in [0.05, 0.1) is 6.10 Å². The van der Waals surface area contributed by atoms with Gasteiger partial charge in [0.15, 0.2) is 0 Å². The van der Waals surface area contributed by atoms with Crippen molar-refractivity contribution in [2.45, 2.75) is 52.6 Å². The average molecular weight is 343 g/mol. The number of rotatable bonds is 2. The van der Waals surface area contributed by atoms with Gasteiger partial charge < -0.3 is 5.11 Å². The fourth-order valence-corrected chi connectivity index (χ4v) is 3.80. The number of hydrogen-bond donors (Lipinski definition) is 1. The second kappa shape index (κ2) is 6.15. The molecule has 1 saturated carbocycles. The van der Waals surface area contributed by atoms with Crippen LogP contribution in [0, 0.1) is 23.1 Å². The van der Waals surface area contributed by atoms with E-state index in [1.165, 1.54) is 6.07 Å². The molecule has 1 aliphatic carbocycles. The van der Waals surface area contributed by atoms with Crippen molar-refractivity contribution in [2.24, 2.45) is 17.3 Å². The van der Waals surface area contributed by atoms with Gasteiger partial charge in [0.2, 0.25) is 0 Å². The average Bonchev–Trinajstić information content (AvgIpc) is 2.29. The van der Waals surface area contributed by atoms with Gasteiger partial charge in [-0.2, -0.15) is 0 Å². The van der Waals surface area contributed by atoms with Crippen molar-refractivity contribution in [1.82, 2.24) is 0 Å². The lowest BCUT2D eigenvalue weighted by Crippen LogP contribution is -2.35. The highest BCUT2D eigenvalue weighted by Crippen LogP contribution is 2.41. The first kappa shape index (κ1) is 16.0. The summed E-state index contributed by atoms with van der Waals surface area (Å²) in [6.07, 6.45) is 3.48. The van der Waals surface area contributed by atoms with Gasteiger partial charge >= 0.3 is 0 Å². The van der Waals surface area contributed by atoms with Gasteiger partial charge in [-0.25, -0.2) is 4.39 Å². The molecule has 0 spiro atoms. The Hall–Kier alpha value is -0.410. The predicted molar refractivity (Wildman–Crippen MR) is 84.1 cm³/mol. The van der Waals surface area contributed by atoms with Crippen LogP contribution in [0.4, 0.5) is 4.39 Å². The molecule has 1 aliphatic rings. The fraction of sp³-hybridized carbons (Fsp3) is 0.647. The third-order valence-electron chi connectivity index (χ3n) is 4.59. The summed E-state index contributed by atoms with van der Waals surface area (Å²) >= 11 is 3.33. The lowest BCUT2D eigenvalue weighted by molar-refractivity contribution is 0.0196. The molecule has 3 unspecified atom stereocenters. The maximum absolute atomic E-state index is 13.5. The molecule has 1 fully saturated rings. The largest absolute Gasteiger partial charge is 0.393 e. The van der Waals surface area contributed by atoms with Crippen LogP contribution in [0.5, 0.6) is 0 Å². The third kappa shape index (κ3) is 4.05. The Kier molecular flexibility index (Phi) is 4.91. The quantitative estimate of drug-likeness (QED) is 0.805. The van der Waals surface area contributed by atoms with Gasteiger partial charge in [0.25, 0.3) is 0 Å². The Morgan fingerprint density at radius 2 is 1.95 bits per heavy atom. The lowest BCUT2D eigenvalue weighted by atomic mass is 9.67. The molecule has 20 heavy (non-hydrogen) atoms. The first-order valence-electron chi connectivity index (χ1n) is 7.39. The minimum absolute atomic E-state index is 0.216. The van der Waals surface area contributed by atoms with Gasteiger partial charge in [0.1, 0.15) is 5.82 Å². The predicted octanol–water partition coefficient (Wildman–Crippen LogP) is 4.95. The van der Waals surface area contributed by atoms with Gasteiger partial charge in [-0.1, -0.05) is 36.7 Å². The molecule has 1 N–H and O–H groups in total. The van der Waals surface area contributed by atoms with E-state index < -0.39 is 0 Å². The highest BCUT2D eigenvalue weighted by Gasteiger charge is 2.35. The summed E-state index contributed by atoms with van der Waals surface area (Å²) < 4.78 is 14.2. The summed E-state index contributed by atoms with van der Waals surface area (Å²) in [5.41, 5.74) is 1.25. The van der Waals surface area contributed by atoms with Crippen molar-refractivity contribution < 1.29 is 9.50 Å². The van der Waals surface area contributed by atoms with Crippen molar-refractivity contribution in [3.05, 3.63) is 34.1 Å². The Morgan fingerprint density at radius 1 is 1.25 bits per heavy atom. The molecule has 3 atom stereocenters. The van der Waals surface area contributed by atoms with Gasteiger partial charge in [-0.15, -0.1) is 0 Å². The summed E-state index contributed by atoms with van der Waals surface area (Å²) in [5, 5.41) is 10.2. The maximum atomic E-state index is 13.5. The zero-order valence-electron chi connectivity index (χ0n) is 12.5. The number of benzene rings is 1. The molecule has 1 nitrogen and oxygen atoms in total. The highest BCUT2D eigenvalue weighted by molar-refractivity contribution is 9.10. The van der Waals surface area contributed by atoms with Crippen LogP contribution in [0.1, 0.15) is 45.6 Å². The van der Waals surface area contributed by atoms with Gasteiger partial charge in [-0.05, 0) is 66.7 Å². The summed E-state index contributed by atoms with van der Waals surface area (Å²) in [4.78, 5) is 0. The topological polar surface area (TPSA) is 20.2 Å². The van der Waals surface area contributed by atoms with Crippen LogP contribution in [0.15, 0.2) is 22.7 Å². The SMILES string of the molecule is CC(C)(C)C1CCC(O)C(Cc2cc(F)cc(Br)c2)C1. The molecular formula is C17H24BrFO. The standard InChI is InChI=1S/C17H24BrFO/c1-17(2,3)13-4-5-16(20)12(9-13)6-11-7-14(18)10-15(19)8-11/h7-8,10,12-13,16,20H,4-6,9H2,1-3H3. The summed E-state index contributed by atoms with van der Waals surface area (Å²) in [5.74, 6) is 0.654. The first-order chi connectivity index (χ1) is 9.25. The maximum Gasteiger partial charge on any atom is 0.124 e. The van der Waals surface area contributed by atoms with Gasteiger partial charge in [-0.3, -0.25) is 0 Å². The normalized spacial score (nSPS) is 27.6.